The second-order valence-electron chi connectivity index (χ2n) is 34.4. The van der Waals surface area contributed by atoms with E-state index < -0.39 is 154 Å². The summed E-state index contributed by atoms with van der Waals surface area (Å²) in [7, 11) is -5.64. The third-order valence-electron chi connectivity index (χ3n) is 19.3. The first-order valence-electron chi connectivity index (χ1n) is 40.1. The fourth-order valence-electron chi connectivity index (χ4n) is 11.8. The molecule has 0 heterocycles. The number of alkyl halides is 24. The first-order valence-corrected chi connectivity index (χ1v) is 64.2. The number of rotatable bonds is 40. The van der Waals surface area contributed by atoms with Gasteiger partial charge in [0.1, 0.15) is 0 Å². The van der Waals surface area contributed by atoms with Crippen LogP contribution in [0, 0.1) is 0 Å². The number of carbonyl (C=O) groups excluding carboxylic acids is 4. The molecule has 0 bridgehead atoms. The van der Waals surface area contributed by atoms with Gasteiger partial charge in [0.15, 0.2) is 51.9 Å². The number of carbonyl (C=O) groups is 4. The molecule has 0 spiro atoms. The monoisotopic (exact) mass is 2030 g/mol. The van der Waals surface area contributed by atoms with Gasteiger partial charge in [-0.2, -0.15) is 61.5 Å². The van der Waals surface area contributed by atoms with Gasteiger partial charge in [-0.05, 0) is 163 Å². The van der Waals surface area contributed by atoms with Crippen LogP contribution in [0.15, 0.2) is 97.1 Å². The van der Waals surface area contributed by atoms with Crippen molar-refractivity contribution < 1.29 is 170 Å². The predicted octanol–water partition coefficient (Wildman–Crippen LogP) is 22.1. The number of amides is 4. The molecule has 1 N–H and O–H groups in total. The third-order valence-corrected chi connectivity index (χ3v) is 45.4. The van der Waals surface area contributed by atoms with Crippen molar-refractivity contribution in [3.05, 3.63) is 103 Å². The zero-order valence-corrected chi connectivity index (χ0v) is 85.2. The molecule has 18 nitrogen and oxygen atoms in total. The lowest BCUT2D eigenvalue weighted by atomic mass is 10.0. The Bertz CT molecular complexity index is 3930. The smallest absolute Gasteiger partial charge is 0.456 e. The summed E-state index contributed by atoms with van der Waals surface area (Å²) in [6.45, 7) is 26.7. The molecule has 4 amide bonds. The van der Waals surface area contributed by atoms with E-state index in [0.29, 0.717) is 48.3 Å². The van der Waals surface area contributed by atoms with E-state index in [0.717, 1.165) is 60.4 Å². The van der Waals surface area contributed by atoms with E-state index in [-0.39, 0.29) is 42.5 Å². The van der Waals surface area contributed by atoms with Gasteiger partial charge in [0.05, 0.1) is 37.6 Å². The number of hydrogen-bond donors (Lipinski definition) is 1. The second-order valence-corrected chi connectivity index (χ2v) is 68.9. The van der Waals surface area contributed by atoms with Crippen LogP contribution in [0.1, 0.15) is 63.9 Å². The molecule has 0 aliphatic carbocycles. The number of ether oxygens (including phenoxy) is 4. The molecule has 0 aliphatic rings. The molecule has 0 saturated carbocycles. The highest BCUT2D eigenvalue weighted by Gasteiger charge is 2.66. The number of hydrogen-bond acceptors (Lipinski definition) is 14. The zero-order valence-electron chi connectivity index (χ0n) is 77.2. The van der Waals surface area contributed by atoms with Crippen molar-refractivity contribution in [2.75, 3.05) is 109 Å². The molecule has 0 aliphatic heterocycles. The highest BCUT2D eigenvalue weighted by molar-refractivity contribution is 6.93. The standard InChI is InChI=1S/C21H40FNO2Si3.C19H32F5NO4Si3.C19H34FNO4Si2.C14H16F5NO2.2C3H2F6O/c1-23(21(24)14-9-10-15-22)19-12-11-13-20(18-19)27(5,6)16-17-28(7,8)25-26(2,3)4;1-25(17(26)18(21,28-14-20)19(22,23)24)15-9-8-10-16(13-15)30(2,3)11-12-31(4,5)29-32(6,7)27;1-21(19(22)12-7-8-13-20)17-10-9-11-18(16-17)26(5,6)14-15-27(23-2,24-3)25-4;1-9(2)10-5-4-6-11(7-10)20(3)12(21)13(16,22-8-15)14(17,18)19;2*4-2(5,6)1-10-3(7,8)9/h11-13,18H,9-10,14-17H2,1-8H3;8-10,13,27H,11-12,14H2,1-7H3;9-11,16H,7-8,12-15H2,1-6H3;4-7,9H,8H2,1-3H3;2*1H2. The lowest BCUT2D eigenvalue weighted by Gasteiger charge is -2.34. The van der Waals surface area contributed by atoms with E-state index in [1.54, 1.807) is 69.5 Å². The van der Waals surface area contributed by atoms with Gasteiger partial charge in [-0.1, -0.05) is 129 Å². The summed E-state index contributed by atoms with van der Waals surface area (Å²) in [6.07, 6.45) is -28.9. The van der Waals surface area contributed by atoms with Crippen LogP contribution in [-0.2, 0) is 59.6 Å². The topological polar surface area (TPSA) is 185 Å². The Morgan fingerprint density at radius 1 is 0.380 bits per heavy atom. The SMILES string of the molecule is CC(C)c1cccc(N(C)C(=O)C(F)(OCF)C(F)(F)F)c1.CN(C(=O)C(F)(OCF)C(F)(F)F)c1cccc([Si](C)(C)CC[Si](C)(C)O[Si](C)(C)O)c1.CN(C(=O)CCCCF)c1cccc([Si](C)(C)CC[Si](C)(C)O[Si](C)(C)C)c1.CO[Si](CC[Si](C)(C)c1cccc(N(C)C(=O)CCCCF)c1)(OC)OC.FC(F)(F)COC(F)(F)F.FC(F)(F)COC(F)(F)F. The Labute approximate surface area is 748 Å². The van der Waals surface area contributed by atoms with Crippen molar-refractivity contribution >= 4 is 128 Å². The molecule has 746 valence electrons. The lowest BCUT2D eigenvalue weighted by molar-refractivity contribution is -0.352. The van der Waals surface area contributed by atoms with Crippen molar-refractivity contribution in [2.45, 2.75) is 242 Å². The van der Waals surface area contributed by atoms with Gasteiger partial charge in [0.2, 0.25) is 11.8 Å². The fraction of sp³-hybridized carbons (Fsp3) is 0.646. The van der Waals surface area contributed by atoms with Gasteiger partial charge in [0.25, 0.3) is 0 Å². The number of anilines is 4. The molecule has 0 radical (unpaired) electrons. The number of halogens is 24. The Hall–Kier alpha value is -5.58. The molecule has 2 atom stereocenters. The van der Waals surface area contributed by atoms with Crippen LogP contribution in [0.4, 0.5) is 128 Å². The van der Waals surface area contributed by atoms with Crippen molar-refractivity contribution in [1.29, 1.82) is 0 Å². The summed E-state index contributed by atoms with van der Waals surface area (Å²) in [5.74, 6) is -13.5. The normalized spacial score (nSPS) is 13.8. The molecular weight excluding hydrogens is 1910 g/mol. The largest absolute Gasteiger partial charge is 0.522 e. The van der Waals surface area contributed by atoms with Crippen LogP contribution in [0.5, 0.6) is 0 Å². The van der Waals surface area contributed by atoms with Crippen molar-refractivity contribution in [3.8, 4) is 0 Å². The Morgan fingerprint density at radius 2 is 0.667 bits per heavy atom. The first-order chi connectivity index (χ1) is 58.2. The maximum absolute atomic E-state index is 14.4. The van der Waals surface area contributed by atoms with Gasteiger partial charge in [0, 0.05) is 91.2 Å². The molecule has 2 unspecified atom stereocenters. The van der Waals surface area contributed by atoms with Crippen LogP contribution in [0.3, 0.4) is 0 Å². The number of likely N-dealkylation sites (N-methyl/N-ethyl adjacent to an activating group) is 2. The predicted molar refractivity (Wildman–Crippen MR) is 470 cm³/mol. The van der Waals surface area contributed by atoms with E-state index >= 15 is 0 Å². The van der Waals surface area contributed by atoms with Crippen LogP contribution >= 0.6 is 0 Å². The van der Waals surface area contributed by atoms with Crippen molar-refractivity contribution in [3.63, 3.8) is 0 Å². The molecule has 0 saturated heterocycles. The maximum Gasteiger partial charge on any atom is 0.522 e. The van der Waals surface area contributed by atoms with E-state index in [9.17, 15) is 129 Å². The Morgan fingerprint density at radius 3 is 0.915 bits per heavy atom. The van der Waals surface area contributed by atoms with E-state index in [1.807, 2.05) is 58.3 Å². The first kappa shape index (κ1) is 125. The van der Waals surface area contributed by atoms with Gasteiger partial charge >= 0.3 is 78.3 Å². The number of unbranched alkanes of at least 4 members (excludes halogenated alkanes) is 2. The molecule has 4 rings (SSSR count). The van der Waals surface area contributed by atoms with Gasteiger partial charge in [-0.3, -0.25) is 46.9 Å². The number of nitrogens with zero attached hydrogens (tertiary/aromatic N) is 4. The minimum Gasteiger partial charge on any atom is -0.456 e. The van der Waals surface area contributed by atoms with E-state index in [4.69, 9.17) is 21.5 Å². The van der Waals surface area contributed by atoms with Crippen LogP contribution < -0.4 is 35.2 Å². The van der Waals surface area contributed by atoms with Crippen molar-refractivity contribution in [1.82, 2.24) is 0 Å². The van der Waals surface area contributed by atoms with Crippen molar-refractivity contribution in [2.24, 2.45) is 0 Å². The molecule has 50 heteroatoms. The van der Waals surface area contributed by atoms with Crippen LogP contribution in [0.2, 0.25) is 134 Å². The number of benzene rings is 4. The van der Waals surface area contributed by atoms with Gasteiger partial charge in [-0.15, -0.1) is 26.3 Å². The van der Waals surface area contributed by atoms with Gasteiger partial charge < -0.3 is 45.9 Å². The minimum absolute atomic E-state index is 0.0182. The summed E-state index contributed by atoms with van der Waals surface area (Å²) < 4.78 is 327. The van der Waals surface area contributed by atoms with Gasteiger partial charge in [-0.25, -0.2) is 8.78 Å². The third kappa shape index (κ3) is 47.9. The Kier molecular flexibility index (Phi) is 51.6. The Balaban J connectivity index is 0. The summed E-state index contributed by atoms with van der Waals surface area (Å²) in [5.41, 5.74) is 2.66. The molecule has 129 heavy (non-hydrogen) atoms. The average molecular weight is 2040 g/mol. The summed E-state index contributed by atoms with van der Waals surface area (Å²) in [4.78, 5) is 63.2. The summed E-state index contributed by atoms with van der Waals surface area (Å²) in [6, 6.07) is 34.7. The maximum atomic E-state index is 14.4. The molecular formula is C79H126F24N4O14Si8. The summed E-state index contributed by atoms with van der Waals surface area (Å²) in [5, 5.41) is 3.50. The zero-order chi connectivity index (χ0) is 101. The van der Waals surface area contributed by atoms with Crippen LogP contribution in [0.25, 0.3) is 0 Å². The molecule has 0 aromatic heterocycles. The molecule has 0 fully saturated rings. The highest BCUT2D eigenvalue weighted by Crippen LogP contribution is 2.41. The fourth-order valence-corrected chi connectivity index (χ4v) is 43.5. The molecule has 4 aromatic carbocycles. The lowest BCUT2D eigenvalue weighted by Crippen LogP contribution is -2.56. The summed E-state index contributed by atoms with van der Waals surface area (Å²) >= 11 is 0. The molecule has 4 aromatic rings. The highest BCUT2D eigenvalue weighted by atomic mass is 28.4. The van der Waals surface area contributed by atoms with E-state index in [1.165, 1.54) is 46.7 Å². The quantitative estimate of drug-likeness (QED) is 0.0252. The van der Waals surface area contributed by atoms with E-state index in [2.05, 4.69) is 121 Å². The average Bonchev–Trinajstić information content (AvgIpc) is 0.777. The van der Waals surface area contributed by atoms with Crippen LogP contribution in [-0.4, -0.2) is 234 Å². The minimum atomic E-state index is -5.74. The second kappa shape index (κ2) is 53.1.